The Balaban J connectivity index is 2.60. The Bertz CT molecular complexity index is 457. The number of aliphatic carboxylic acids is 1. The van der Waals surface area contributed by atoms with Crippen molar-refractivity contribution < 1.29 is 14.7 Å². The van der Waals surface area contributed by atoms with Gasteiger partial charge in [-0.15, -0.1) is 0 Å². The second kappa shape index (κ2) is 7.19. The molecule has 0 aromatic carbocycles. The van der Waals surface area contributed by atoms with Crippen molar-refractivity contribution in [2.24, 2.45) is 5.92 Å². The van der Waals surface area contributed by atoms with Gasteiger partial charge in [0.05, 0.1) is 5.02 Å². The fourth-order valence-electron chi connectivity index (χ4n) is 1.82. The molecule has 2 N–H and O–H groups in total. The highest BCUT2D eigenvalue weighted by Gasteiger charge is 2.14. The van der Waals surface area contributed by atoms with Crippen LogP contribution < -0.4 is 5.32 Å². The van der Waals surface area contributed by atoms with Crippen LogP contribution in [-0.4, -0.2) is 28.1 Å². The lowest BCUT2D eigenvalue weighted by Crippen LogP contribution is -2.30. The van der Waals surface area contributed by atoms with Gasteiger partial charge in [0.15, 0.2) is 0 Å². The third kappa shape index (κ3) is 4.95. The van der Waals surface area contributed by atoms with Crippen molar-refractivity contribution in [2.45, 2.75) is 33.2 Å². The number of hydrogen-bond acceptors (Lipinski definition) is 2. The minimum Gasteiger partial charge on any atom is -0.481 e. The quantitative estimate of drug-likeness (QED) is 0.808. The first kappa shape index (κ1) is 15.6. The number of halogens is 1. The largest absolute Gasteiger partial charge is 0.481 e. The molecule has 1 atom stereocenters. The number of rotatable bonds is 7. The van der Waals surface area contributed by atoms with Crippen molar-refractivity contribution in [1.29, 1.82) is 0 Å². The molecule has 1 unspecified atom stereocenters. The molecule has 1 heterocycles. The van der Waals surface area contributed by atoms with E-state index < -0.39 is 5.97 Å². The Morgan fingerprint density at radius 3 is 2.79 bits per heavy atom. The lowest BCUT2D eigenvalue weighted by atomic mass is 10.1. The van der Waals surface area contributed by atoms with E-state index in [-0.39, 0.29) is 18.2 Å². The molecule has 0 spiro atoms. The van der Waals surface area contributed by atoms with Crippen LogP contribution in [0.4, 0.5) is 0 Å². The van der Waals surface area contributed by atoms with Crippen molar-refractivity contribution in [2.75, 3.05) is 6.54 Å². The Morgan fingerprint density at radius 2 is 2.21 bits per heavy atom. The second-order valence-corrected chi connectivity index (χ2v) is 5.09. The zero-order valence-corrected chi connectivity index (χ0v) is 11.9. The molecule has 0 aliphatic heterocycles. The topological polar surface area (TPSA) is 71.3 Å². The molecule has 5 nitrogen and oxygen atoms in total. The molecule has 1 amide bonds. The summed E-state index contributed by atoms with van der Waals surface area (Å²) < 4.78 is 1.81. The first-order valence-electron chi connectivity index (χ1n) is 6.29. The van der Waals surface area contributed by atoms with E-state index in [0.29, 0.717) is 17.3 Å². The number of nitrogens with zero attached hydrogens (tertiary/aromatic N) is 1. The van der Waals surface area contributed by atoms with E-state index in [1.54, 1.807) is 23.8 Å². The average molecular weight is 287 g/mol. The lowest BCUT2D eigenvalue weighted by molar-refractivity contribution is -0.137. The SMILES string of the molecule is CCCn1cc(Cl)cc1C(=O)NCC(C)CC(=O)O. The van der Waals surface area contributed by atoms with Crippen LogP contribution in [0.15, 0.2) is 12.3 Å². The number of carboxylic acid groups (broad SMARTS) is 1. The molecule has 0 aliphatic rings. The monoisotopic (exact) mass is 286 g/mol. The van der Waals surface area contributed by atoms with Gasteiger partial charge < -0.3 is 15.0 Å². The summed E-state index contributed by atoms with van der Waals surface area (Å²) in [5.74, 6) is -1.19. The first-order chi connectivity index (χ1) is 8.93. The van der Waals surface area contributed by atoms with E-state index in [9.17, 15) is 9.59 Å². The number of carbonyl (C=O) groups excluding carboxylic acids is 1. The van der Waals surface area contributed by atoms with Crippen LogP contribution in [0, 0.1) is 5.92 Å². The number of carbonyl (C=O) groups is 2. The summed E-state index contributed by atoms with van der Waals surface area (Å²) in [7, 11) is 0. The minimum absolute atomic E-state index is 0.0387. The number of aromatic nitrogens is 1. The van der Waals surface area contributed by atoms with Gasteiger partial charge in [0.1, 0.15) is 5.69 Å². The molecule has 106 valence electrons. The normalized spacial score (nSPS) is 12.2. The van der Waals surface area contributed by atoms with Crippen LogP contribution in [0.2, 0.25) is 5.02 Å². The van der Waals surface area contributed by atoms with E-state index >= 15 is 0 Å². The maximum Gasteiger partial charge on any atom is 0.303 e. The summed E-state index contributed by atoms with van der Waals surface area (Å²) in [6.07, 6.45) is 2.67. The summed E-state index contributed by atoms with van der Waals surface area (Å²) in [6, 6.07) is 1.62. The Kier molecular flexibility index (Phi) is 5.89. The summed E-state index contributed by atoms with van der Waals surface area (Å²) in [5.41, 5.74) is 0.509. The standard InChI is InChI=1S/C13H19ClN2O3/c1-3-4-16-8-10(14)6-11(16)13(19)15-7-9(2)5-12(17)18/h6,8-9H,3-5,7H2,1-2H3,(H,15,19)(H,17,18). The molecule has 1 aromatic rings. The maximum absolute atomic E-state index is 12.0. The van der Waals surface area contributed by atoms with Crippen molar-refractivity contribution in [3.05, 3.63) is 23.0 Å². The summed E-state index contributed by atoms with van der Waals surface area (Å²) in [6.45, 7) is 4.86. The fraction of sp³-hybridized carbons (Fsp3) is 0.538. The van der Waals surface area contributed by atoms with Gasteiger partial charge in [0.25, 0.3) is 5.91 Å². The van der Waals surface area contributed by atoms with Gasteiger partial charge in [0.2, 0.25) is 0 Å². The van der Waals surface area contributed by atoms with Gasteiger partial charge in [-0.25, -0.2) is 0 Å². The maximum atomic E-state index is 12.0. The van der Waals surface area contributed by atoms with E-state index in [4.69, 9.17) is 16.7 Å². The highest BCUT2D eigenvalue weighted by molar-refractivity contribution is 6.31. The Labute approximate surface area is 117 Å². The zero-order chi connectivity index (χ0) is 14.4. The van der Waals surface area contributed by atoms with Gasteiger partial charge in [-0.05, 0) is 18.4 Å². The van der Waals surface area contributed by atoms with Crippen LogP contribution in [0.5, 0.6) is 0 Å². The van der Waals surface area contributed by atoms with Crippen LogP contribution in [-0.2, 0) is 11.3 Å². The zero-order valence-electron chi connectivity index (χ0n) is 11.1. The summed E-state index contributed by atoms with van der Waals surface area (Å²) in [4.78, 5) is 22.5. The van der Waals surface area contributed by atoms with Gasteiger partial charge in [-0.1, -0.05) is 25.4 Å². The summed E-state index contributed by atoms with van der Waals surface area (Å²) >= 11 is 5.90. The molecule has 0 fully saturated rings. The van der Waals surface area contributed by atoms with Gasteiger partial charge in [-0.2, -0.15) is 0 Å². The molecule has 1 aromatic heterocycles. The van der Waals surface area contributed by atoms with Crippen molar-refractivity contribution in [1.82, 2.24) is 9.88 Å². The van der Waals surface area contributed by atoms with Gasteiger partial charge in [0, 0.05) is 25.7 Å². The first-order valence-corrected chi connectivity index (χ1v) is 6.67. The van der Waals surface area contributed by atoms with Crippen LogP contribution in [0.1, 0.15) is 37.2 Å². The third-order valence-corrected chi connectivity index (χ3v) is 2.90. The molecule has 1 rings (SSSR count). The highest BCUT2D eigenvalue weighted by atomic mass is 35.5. The second-order valence-electron chi connectivity index (χ2n) is 4.65. The molecule has 19 heavy (non-hydrogen) atoms. The number of hydrogen-bond donors (Lipinski definition) is 2. The molecule has 0 aliphatic carbocycles. The average Bonchev–Trinajstić information content (AvgIpc) is 2.67. The smallest absolute Gasteiger partial charge is 0.303 e. The van der Waals surface area contributed by atoms with E-state index in [1.807, 2.05) is 6.92 Å². The molecule has 0 bridgehead atoms. The molecule has 0 radical (unpaired) electrons. The number of nitrogens with one attached hydrogen (secondary N) is 1. The highest BCUT2D eigenvalue weighted by Crippen LogP contribution is 2.15. The van der Waals surface area contributed by atoms with Crippen LogP contribution in [0.25, 0.3) is 0 Å². The van der Waals surface area contributed by atoms with Gasteiger partial charge >= 0.3 is 5.97 Å². The van der Waals surface area contributed by atoms with Gasteiger partial charge in [-0.3, -0.25) is 9.59 Å². The Morgan fingerprint density at radius 1 is 1.53 bits per heavy atom. The fourth-order valence-corrected chi connectivity index (χ4v) is 2.04. The molecular weight excluding hydrogens is 268 g/mol. The molecule has 0 saturated heterocycles. The predicted molar refractivity (Wildman–Crippen MR) is 73.5 cm³/mol. The summed E-state index contributed by atoms with van der Waals surface area (Å²) in [5, 5.41) is 11.9. The lowest BCUT2D eigenvalue weighted by Gasteiger charge is -2.11. The number of carboxylic acids is 1. The Hall–Kier alpha value is -1.49. The van der Waals surface area contributed by atoms with Crippen molar-refractivity contribution in [3.63, 3.8) is 0 Å². The molecular formula is C13H19ClN2O3. The van der Waals surface area contributed by atoms with E-state index in [2.05, 4.69) is 5.32 Å². The third-order valence-electron chi connectivity index (χ3n) is 2.69. The van der Waals surface area contributed by atoms with Crippen LogP contribution >= 0.6 is 11.6 Å². The predicted octanol–water partition coefficient (Wildman–Crippen LogP) is 2.39. The van der Waals surface area contributed by atoms with E-state index in [0.717, 1.165) is 13.0 Å². The van der Waals surface area contributed by atoms with Crippen LogP contribution in [0.3, 0.4) is 0 Å². The number of amides is 1. The molecule has 6 heteroatoms. The molecule has 0 saturated carbocycles. The van der Waals surface area contributed by atoms with E-state index in [1.165, 1.54) is 0 Å². The number of aryl methyl sites for hydroxylation is 1. The van der Waals surface area contributed by atoms with Crippen molar-refractivity contribution in [3.8, 4) is 0 Å². The van der Waals surface area contributed by atoms with Crippen molar-refractivity contribution >= 4 is 23.5 Å². The minimum atomic E-state index is -0.862.